The molecule has 1 unspecified atom stereocenters. The maximum Gasteiger partial charge on any atom is 0.394 e. The van der Waals surface area contributed by atoms with Crippen molar-refractivity contribution in [1.82, 2.24) is 0 Å². The fourth-order valence-corrected chi connectivity index (χ4v) is 0. The van der Waals surface area contributed by atoms with Gasteiger partial charge in [-0.2, -0.15) is 8.42 Å². The number of hydrogen-bond acceptors (Lipinski definition) is 3. The molecule has 5 nitrogen and oxygen atoms in total. The highest BCUT2D eigenvalue weighted by Crippen LogP contribution is 1.59. The van der Waals surface area contributed by atoms with Gasteiger partial charge in [-0.3, -0.25) is 9.11 Å². The van der Waals surface area contributed by atoms with E-state index >= 15 is 0 Å². The lowest BCUT2D eigenvalue weighted by Crippen LogP contribution is -1.89. The van der Waals surface area contributed by atoms with Gasteiger partial charge in [0.1, 0.15) is 0 Å². The lowest BCUT2D eigenvalue weighted by Gasteiger charge is -1.68. The van der Waals surface area contributed by atoms with E-state index in [1.54, 1.807) is 0 Å². The predicted octanol–water partition coefficient (Wildman–Crippen LogP) is -2.07. The van der Waals surface area contributed by atoms with Crippen LogP contribution in [0.3, 0.4) is 0 Å². The van der Waals surface area contributed by atoms with Crippen molar-refractivity contribution < 1.29 is 22.4 Å². The molecule has 3 N–H and O–H groups in total. The summed E-state index contributed by atoms with van der Waals surface area (Å²) in [5, 5.41) is 0. The van der Waals surface area contributed by atoms with Crippen LogP contribution in [0.5, 0.6) is 0 Å². The summed E-state index contributed by atoms with van der Waals surface area (Å²) in [6.07, 6.45) is 0. The summed E-state index contributed by atoms with van der Waals surface area (Å²) in [5.41, 5.74) is 0. The van der Waals surface area contributed by atoms with Crippen molar-refractivity contribution in [2.24, 2.45) is 0 Å². The molecule has 0 saturated carbocycles. The minimum atomic E-state index is -4.67. The summed E-state index contributed by atoms with van der Waals surface area (Å²) in [6, 6.07) is 0. The van der Waals surface area contributed by atoms with Gasteiger partial charge in [0.05, 0.1) is 0 Å². The fourth-order valence-electron chi connectivity index (χ4n) is 0. The van der Waals surface area contributed by atoms with Crippen LogP contribution in [0, 0.1) is 0 Å². The first-order valence-electron chi connectivity index (χ1n) is 0.957. The Bertz CT molecular complexity index is 95.6. The molecule has 0 fully saturated rings. The average molecular weight is 178 g/mol. The van der Waals surface area contributed by atoms with E-state index in [0.29, 0.717) is 0 Å². The SMILES string of the molecule is O=S(=O)(O)O.OP.[AlH3]. The van der Waals surface area contributed by atoms with Gasteiger partial charge in [-0.25, -0.2) is 0 Å². The molecule has 1 atom stereocenters. The quantitative estimate of drug-likeness (QED) is 0.225. The summed E-state index contributed by atoms with van der Waals surface area (Å²) < 4.78 is 31.6. The standard InChI is InChI=1S/Al.H2O4S.H3OP.3H/c;1-5(2,3)4;1-2;;;/h;(H2,1,2,3,4);1H,2H2;;;. The molecule has 0 aromatic heterocycles. The van der Waals surface area contributed by atoms with E-state index in [4.69, 9.17) is 22.4 Å². The second kappa shape index (κ2) is 7.79. The third-order valence-electron chi connectivity index (χ3n) is 0. The minimum absolute atomic E-state index is 0. The van der Waals surface area contributed by atoms with E-state index in [0.717, 1.165) is 0 Å². The maximum atomic E-state index is 8.74. The van der Waals surface area contributed by atoms with Gasteiger partial charge in [-0.15, -0.1) is 0 Å². The fraction of sp³-hybridized carbons (Fsp3) is 0. The molecule has 0 aliphatic heterocycles. The Morgan fingerprint density at radius 2 is 1.12 bits per heavy atom. The van der Waals surface area contributed by atoms with Crippen molar-refractivity contribution in [1.29, 1.82) is 0 Å². The summed E-state index contributed by atoms with van der Waals surface area (Å²) in [6.45, 7) is 0. The molecule has 0 radical (unpaired) electrons. The van der Waals surface area contributed by atoms with Crippen molar-refractivity contribution >= 4 is 37.2 Å². The van der Waals surface area contributed by atoms with Gasteiger partial charge in [-0.1, -0.05) is 0 Å². The van der Waals surface area contributed by atoms with E-state index in [-0.39, 0.29) is 17.4 Å². The molecule has 8 heavy (non-hydrogen) atoms. The lowest BCUT2D eigenvalue weighted by atomic mass is 15.8. The molecule has 8 heteroatoms. The number of rotatable bonds is 0. The van der Waals surface area contributed by atoms with E-state index in [1.807, 2.05) is 0 Å². The Kier molecular flexibility index (Phi) is 15.5. The summed E-state index contributed by atoms with van der Waals surface area (Å²) in [5.74, 6) is 0. The van der Waals surface area contributed by atoms with E-state index < -0.39 is 10.4 Å². The second-order valence-corrected chi connectivity index (χ2v) is 1.34. The molecule has 0 spiro atoms. The van der Waals surface area contributed by atoms with Crippen molar-refractivity contribution in [3.8, 4) is 0 Å². The molecule has 0 aliphatic carbocycles. The monoisotopic (exact) mass is 178 g/mol. The Morgan fingerprint density at radius 1 is 1.12 bits per heavy atom. The van der Waals surface area contributed by atoms with Crippen molar-refractivity contribution in [3.05, 3.63) is 0 Å². The number of hydrogen-bond donors (Lipinski definition) is 3. The Morgan fingerprint density at radius 3 is 1.12 bits per heavy atom. The molecule has 52 valence electrons. The van der Waals surface area contributed by atoms with Crippen LogP contribution >= 0.6 is 9.47 Å². The highest BCUT2D eigenvalue weighted by atomic mass is 32.3. The Hall–Kier alpha value is 0.792. The smallest absolute Gasteiger partial charge is 0.380 e. The first-order valence-corrected chi connectivity index (χ1v) is 2.87. The largest absolute Gasteiger partial charge is 0.394 e. The summed E-state index contributed by atoms with van der Waals surface area (Å²) >= 11 is 0. The third-order valence-corrected chi connectivity index (χ3v) is 0. The van der Waals surface area contributed by atoms with Gasteiger partial charge in [0.25, 0.3) is 0 Å². The van der Waals surface area contributed by atoms with E-state index in [2.05, 4.69) is 0 Å². The normalized spacial score (nSPS) is 8.00. The van der Waals surface area contributed by atoms with Crippen molar-refractivity contribution in [3.63, 3.8) is 0 Å². The maximum absolute atomic E-state index is 8.74. The topological polar surface area (TPSA) is 94.8 Å². The van der Waals surface area contributed by atoms with Gasteiger partial charge in [-0.05, 0) is 9.47 Å². The molecule has 0 rings (SSSR count). The highest BCUT2D eigenvalue weighted by Gasteiger charge is 1.84. The molecule has 0 amide bonds. The van der Waals surface area contributed by atoms with Gasteiger partial charge < -0.3 is 4.89 Å². The molecule has 0 bridgehead atoms. The van der Waals surface area contributed by atoms with Crippen LogP contribution in [0.15, 0.2) is 0 Å². The van der Waals surface area contributed by atoms with Crippen LogP contribution < -0.4 is 0 Å². The highest BCUT2D eigenvalue weighted by molar-refractivity contribution is 7.79. The zero-order chi connectivity index (χ0) is 6.50. The van der Waals surface area contributed by atoms with E-state index in [1.165, 1.54) is 9.47 Å². The first kappa shape index (κ1) is 15.9. The van der Waals surface area contributed by atoms with Gasteiger partial charge in [0, 0.05) is 0 Å². The molecule has 0 aliphatic rings. The van der Waals surface area contributed by atoms with Crippen LogP contribution in [-0.4, -0.2) is 39.8 Å². The van der Waals surface area contributed by atoms with Crippen molar-refractivity contribution in [2.45, 2.75) is 0 Å². The van der Waals surface area contributed by atoms with Crippen LogP contribution in [0.2, 0.25) is 0 Å². The van der Waals surface area contributed by atoms with Crippen LogP contribution in [0.25, 0.3) is 0 Å². The first-order chi connectivity index (χ1) is 3.00. The van der Waals surface area contributed by atoms with Crippen LogP contribution in [-0.2, 0) is 10.4 Å². The molecular formula is H8AlO5PS. The summed E-state index contributed by atoms with van der Waals surface area (Å²) in [4.78, 5) is 6.92. The summed E-state index contributed by atoms with van der Waals surface area (Å²) in [7, 11) is -3.25. The van der Waals surface area contributed by atoms with Gasteiger partial charge in [0.2, 0.25) is 0 Å². The third kappa shape index (κ3) is 363. The van der Waals surface area contributed by atoms with Crippen molar-refractivity contribution in [2.75, 3.05) is 0 Å². The van der Waals surface area contributed by atoms with Crippen LogP contribution in [0.4, 0.5) is 0 Å². The minimum Gasteiger partial charge on any atom is -0.380 e. The zero-order valence-electron chi connectivity index (χ0n) is 3.14. The zero-order valence-corrected chi connectivity index (χ0v) is 5.11. The Labute approximate surface area is 60.1 Å². The Balaban J connectivity index is -0.0000000750. The van der Waals surface area contributed by atoms with Crippen LogP contribution in [0.1, 0.15) is 0 Å². The second-order valence-electron chi connectivity index (χ2n) is 0.448. The molecule has 0 saturated heterocycles. The molecule has 0 aromatic rings. The van der Waals surface area contributed by atoms with Gasteiger partial charge in [0.15, 0.2) is 17.4 Å². The molecule has 0 heterocycles. The average Bonchev–Trinajstić information content (AvgIpc) is 1.36. The predicted molar refractivity (Wildman–Crippen MR) is 36.0 cm³/mol. The molecule has 0 aromatic carbocycles. The van der Waals surface area contributed by atoms with E-state index in [9.17, 15) is 0 Å². The lowest BCUT2D eigenvalue weighted by molar-refractivity contribution is 0.381. The van der Waals surface area contributed by atoms with Gasteiger partial charge >= 0.3 is 10.4 Å². The molecular weight excluding hydrogens is 170 g/mol.